The number of rotatable bonds is 5. The van der Waals surface area contributed by atoms with Crippen LogP contribution in [-0.4, -0.2) is 9.13 Å². The molecule has 0 atom stereocenters. The first-order valence-electron chi connectivity index (χ1n) is 7.80. The van der Waals surface area contributed by atoms with Crippen molar-refractivity contribution in [3.05, 3.63) is 66.5 Å². The molecular formula is C17H19IN2O3. The van der Waals surface area contributed by atoms with Gasteiger partial charge in [-0.2, -0.15) is 0 Å². The van der Waals surface area contributed by atoms with E-state index in [-0.39, 0.29) is 24.0 Å². The van der Waals surface area contributed by atoms with E-state index in [2.05, 4.69) is 0 Å². The van der Waals surface area contributed by atoms with E-state index in [1.54, 1.807) is 10.8 Å². The van der Waals surface area contributed by atoms with E-state index in [0.29, 0.717) is 10.2 Å². The molecule has 23 heavy (non-hydrogen) atoms. The van der Waals surface area contributed by atoms with Gasteiger partial charge >= 0.3 is 5.69 Å². The fourth-order valence-electron chi connectivity index (χ4n) is 2.97. The van der Waals surface area contributed by atoms with Crippen LogP contribution in [-0.2, 0) is 18.1 Å². The zero-order valence-corrected chi connectivity index (χ0v) is 14.9. The van der Waals surface area contributed by atoms with Crippen LogP contribution in [0.15, 0.2) is 46.1 Å². The fourth-order valence-corrected chi connectivity index (χ4v) is 3.57. The summed E-state index contributed by atoms with van der Waals surface area (Å²) in [5, 5.41) is 0. The second-order valence-electron chi connectivity index (χ2n) is 5.80. The first-order chi connectivity index (χ1) is 11.2. The summed E-state index contributed by atoms with van der Waals surface area (Å²) in [6, 6.07) is 9.92. The van der Waals surface area contributed by atoms with Crippen LogP contribution in [0, 0.1) is 3.57 Å². The van der Waals surface area contributed by atoms with Crippen molar-refractivity contribution in [2.75, 3.05) is 0 Å². The van der Waals surface area contributed by atoms with E-state index in [1.807, 2.05) is 52.9 Å². The first-order valence-corrected chi connectivity index (χ1v) is 8.88. The van der Waals surface area contributed by atoms with Crippen molar-refractivity contribution in [3.8, 4) is 0 Å². The molecule has 122 valence electrons. The lowest BCUT2D eigenvalue weighted by Gasteiger charge is -2.16. The number of aromatic nitrogens is 2. The van der Waals surface area contributed by atoms with Gasteiger partial charge in [0, 0.05) is 12.2 Å². The highest BCUT2D eigenvalue weighted by Crippen LogP contribution is 2.28. The van der Waals surface area contributed by atoms with Gasteiger partial charge in [0.2, 0.25) is 0 Å². The smallest absolute Gasteiger partial charge is 0.333 e. The molecule has 1 aromatic heterocycles. The van der Waals surface area contributed by atoms with Crippen LogP contribution in [0.4, 0.5) is 0 Å². The molecule has 1 saturated carbocycles. The van der Waals surface area contributed by atoms with Crippen molar-refractivity contribution in [1.82, 2.24) is 9.13 Å². The van der Waals surface area contributed by atoms with E-state index in [1.165, 1.54) is 4.57 Å². The number of nitrogens with zero attached hydrogens (tertiary/aromatic N) is 2. The normalized spacial score (nSPS) is 15.2. The third-order valence-electron chi connectivity index (χ3n) is 4.20. The van der Waals surface area contributed by atoms with E-state index in [4.69, 9.17) is 4.74 Å². The number of ether oxygens (including phenoxy) is 1. The lowest BCUT2D eigenvalue weighted by atomic mass is 10.2. The van der Waals surface area contributed by atoms with Gasteiger partial charge in [-0.25, -0.2) is 9.36 Å². The largest absolute Gasteiger partial charge is 0.356 e. The maximum Gasteiger partial charge on any atom is 0.333 e. The fraction of sp³-hybridized carbons (Fsp3) is 0.412. The molecule has 0 N–H and O–H groups in total. The highest BCUT2D eigenvalue weighted by molar-refractivity contribution is 14.1. The molecule has 0 bridgehead atoms. The van der Waals surface area contributed by atoms with Crippen molar-refractivity contribution in [3.63, 3.8) is 0 Å². The molecule has 1 aliphatic carbocycles. The summed E-state index contributed by atoms with van der Waals surface area (Å²) in [4.78, 5) is 24.9. The van der Waals surface area contributed by atoms with Crippen molar-refractivity contribution in [2.24, 2.45) is 0 Å². The van der Waals surface area contributed by atoms with Gasteiger partial charge in [0.1, 0.15) is 6.73 Å². The topological polar surface area (TPSA) is 53.2 Å². The molecule has 0 unspecified atom stereocenters. The van der Waals surface area contributed by atoms with Gasteiger partial charge in [-0.3, -0.25) is 9.36 Å². The predicted octanol–water partition coefficient (Wildman–Crippen LogP) is 2.90. The van der Waals surface area contributed by atoms with Crippen LogP contribution in [0.3, 0.4) is 0 Å². The molecule has 1 heterocycles. The average Bonchev–Trinajstić information content (AvgIpc) is 3.09. The number of hydrogen-bond acceptors (Lipinski definition) is 3. The Morgan fingerprint density at radius 3 is 2.52 bits per heavy atom. The van der Waals surface area contributed by atoms with Crippen LogP contribution >= 0.6 is 22.6 Å². The Morgan fingerprint density at radius 2 is 1.83 bits per heavy atom. The van der Waals surface area contributed by atoms with Crippen LogP contribution in [0.5, 0.6) is 0 Å². The van der Waals surface area contributed by atoms with Crippen LogP contribution in [0.2, 0.25) is 0 Å². The summed E-state index contributed by atoms with van der Waals surface area (Å²) in [7, 11) is 0. The van der Waals surface area contributed by atoms with E-state index in [9.17, 15) is 9.59 Å². The molecule has 3 rings (SSSR count). The maximum absolute atomic E-state index is 12.6. The molecule has 0 spiro atoms. The minimum atomic E-state index is -0.280. The van der Waals surface area contributed by atoms with Crippen molar-refractivity contribution in [1.29, 1.82) is 0 Å². The first kappa shape index (κ1) is 16.4. The molecule has 0 aliphatic heterocycles. The molecule has 6 heteroatoms. The Balaban J connectivity index is 1.80. The average molecular weight is 426 g/mol. The summed E-state index contributed by atoms with van der Waals surface area (Å²) >= 11 is 1.99. The Kier molecular flexibility index (Phi) is 5.32. The van der Waals surface area contributed by atoms with Crippen molar-refractivity contribution in [2.45, 2.75) is 45.1 Å². The van der Waals surface area contributed by atoms with Gasteiger partial charge in [-0.15, -0.1) is 0 Å². The van der Waals surface area contributed by atoms with Gasteiger partial charge in [0.15, 0.2) is 0 Å². The van der Waals surface area contributed by atoms with Gasteiger partial charge in [0.25, 0.3) is 5.56 Å². The van der Waals surface area contributed by atoms with Gasteiger partial charge in [-0.05, 0) is 41.0 Å². The quantitative estimate of drug-likeness (QED) is 0.692. The minimum Gasteiger partial charge on any atom is -0.356 e. The third kappa shape index (κ3) is 3.74. The predicted molar refractivity (Wildman–Crippen MR) is 96.4 cm³/mol. The summed E-state index contributed by atoms with van der Waals surface area (Å²) in [5.74, 6) is 0. The van der Waals surface area contributed by atoms with Crippen molar-refractivity contribution < 1.29 is 4.74 Å². The van der Waals surface area contributed by atoms with E-state index >= 15 is 0 Å². The molecule has 0 saturated heterocycles. The van der Waals surface area contributed by atoms with Crippen LogP contribution < -0.4 is 11.2 Å². The molecule has 1 fully saturated rings. The molecule has 1 aromatic carbocycles. The number of hydrogen-bond donors (Lipinski definition) is 0. The summed E-state index contributed by atoms with van der Waals surface area (Å²) in [6.07, 6.45) is 5.96. The summed E-state index contributed by atoms with van der Waals surface area (Å²) < 4.78 is 9.05. The molecule has 5 nitrogen and oxygen atoms in total. The third-order valence-corrected chi connectivity index (χ3v) is 4.94. The Bertz CT molecular complexity index is 777. The summed E-state index contributed by atoms with van der Waals surface area (Å²) in [5.41, 5.74) is 0.468. The van der Waals surface area contributed by atoms with Gasteiger partial charge in [0.05, 0.1) is 10.2 Å². The standard InChI is InChI=1S/C17H19IN2O3/c18-15-10-19(14-8-4-5-9-14)17(22)20(16(15)21)12-23-11-13-6-2-1-3-7-13/h1-3,6-7,10,14H,4-5,8-9,11-12H2. The van der Waals surface area contributed by atoms with Crippen LogP contribution in [0.1, 0.15) is 37.3 Å². The number of halogens is 1. The highest BCUT2D eigenvalue weighted by Gasteiger charge is 2.20. The zero-order valence-electron chi connectivity index (χ0n) is 12.8. The van der Waals surface area contributed by atoms with E-state index < -0.39 is 0 Å². The maximum atomic E-state index is 12.6. The molecule has 0 radical (unpaired) electrons. The van der Waals surface area contributed by atoms with Crippen molar-refractivity contribution >= 4 is 22.6 Å². The highest BCUT2D eigenvalue weighted by atomic mass is 127. The lowest BCUT2D eigenvalue weighted by molar-refractivity contribution is 0.0572. The molecule has 2 aromatic rings. The SMILES string of the molecule is O=c1c(I)cn(C2CCCC2)c(=O)n1COCc1ccccc1. The Morgan fingerprint density at radius 1 is 1.13 bits per heavy atom. The monoisotopic (exact) mass is 426 g/mol. The molecule has 0 amide bonds. The lowest BCUT2D eigenvalue weighted by Crippen LogP contribution is -2.42. The van der Waals surface area contributed by atoms with Gasteiger partial charge < -0.3 is 4.74 Å². The minimum absolute atomic E-state index is 0.0177. The summed E-state index contributed by atoms with van der Waals surface area (Å²) in [6.45, 7) is 0.359. The Labute approximate surface area is 148 Å². The second-order valence-corrected chi connectivity index (χ2v) is 6.96. The molecule has 1 aliphatic rings. The number of benzene rings is 1. The zero-order chi connectivity index (χ0) is 16.2. The van der Waals surface area contributed by atoms with Gasteiger partial charge in [-0.1, -0.05) is 43.2 Å². The molecular weight excluding hydrogens is 407 g/mol. The van der Waals surface area contributed by atoms with E-state index in [0.717, 1.165) is 31.2 Å². The second kappa shape index (κ2) is 7.44. The Hall–Kier alpha value is -1.41. The van der Waals surface area contributed by atoms with Crippen LogP contribution in [0.25, 0.3) is 0 Å².